The van der Waals surface area contributed by atoms with E-state index < -0.39 is 0 Å². The van der Waals surface area contributed by atoms with Gasteiger partial charge in [0.2, 0.25) is 0 Å². The van der Waals surface area contributed by atoms with Crippen LogP contribution in [-0.4, -0.2) is 20.2 Å². The van der Waals surface area contributed by atoms with Gasteiger partial charge in [0.15, 0.2) is 5.82 Å². The van der Waals surface area contributed by atoms with Gasteiger partial charge in [-0.15, -0.1) is 5.10 Å². The van der Waals surface area contributed by atoms with Gasteiger partial charge in [-0.05, 0) is 10.4 Å². The molecule has 1 aromatic rings. The largest absolute Gasteiger partial charge is 0.220 e. The van der Waals surface area contributed by atoms with Crippen LogP contribution >= 0.6 is 22.6 Å². The minimum Gasteiger partial charge on any atom is -0.220 e. The van der Waals surface area contributed by atoms with E-state index in [1.54, 1.807) is 4.68 Å². The fraction of sp³-hybridized carbons (Fsp3) is 0.750. The number of halogens is 1. The third-order valence-corrected chi connectivity index (χ3v) is 1.68. The zero-order valence-corrected chi connectivity index (χ0v) is 7.24. The highest BCUT2D eigenvalue weighted by atomic mass is 127. The number of hydrogen-bond donors (Lipinski definition) is 0. The molecule has 0 aliphatic rings. The minimum atomic E-state index is 0.827. The third-order valence-electron chi connectivity index (χ3n) is 1.04. The molecule has 0 saturated heterocycles. The predicted octanol–water partition coefficient (Wildman–Crippen LogP) is 0.628. The van der Waals surface area contributed by atoms with Gasteiger partial charge in [0, 0.05) is 6.42 Å². The molecular formula is C4H7IN4. The molecule has 0 spiro atoms. The number of aromatic nitrogens is 4. The Bertz CT molecular complexity index is 166. The van der Waals surface area contributed by atoms with Gasteiger partial charge in [-0.2, -0.15) is 0 Å². The summed E-state index contributed by atoms with van der Waals surface area (Å²) in [5.41, 5.74) is 0. The molecule has 9 heavy (non-hydrogen) atoms. The summed E-state index contributed by atoms with van der Waals surface area (Å²) in [7, 11) is 0. The first kappa shape index (κ1) is 6.91. The second-order valence-electron chi connectivity index (χ2n) is 1.57. The third kappa shape index (κ3) is 1.38. The standard InChI is InChI=1S/C4H7IN4/c1-2-4-6-7-8-9(4)3-5/h2-3H2,1H3. The van der Waals surface area contributed by atoms with E-state index >= 15 is 0 Å². The normalized spacial score (nSPS) is 10.0. The van der Waals surface area contributed by atoms with Crippen LogP contribution in [0.15, 0.2) is 0 Å². The number of hydrogen-bond acceptors (Lipinski definition) is 3. The Morgan fingerprint density at radius 1 is 1.67 bits per heavy atom. The monoisotopic (exact) mass is 238 g/mol. The van der Waals surface area contributed by atoms with Gasteiger partial charge in [-0.3, -0.25) is 0 Å². The van der Waals surface area contributed by atoms with E-state index in [4.69, 9.17) is 0 Å². The lowest BCUT2D eigenvalue weighted by molar-refractivity contribution is 0.682. The summed E-state index contributed by atoms with van der Waals surface area (Å²) in [5, 5.41) is 11.1. The average molecular weight is 238 g/mol. The molecule has 0 saturated carbocycles. The van der Waals surface area contributed by atoms with Crippen LogP contribution in [0.1, 0.15) is 12.7 Å². The van der Waals surface area contributed by atoms with E-state index in [0.717, 1.165) is 16.8 Å². The topological polar surface area (TPSA) is 43.6 Å². The maximum absolute atomic E-state index is 3.80. The van der Waals surface area contributed by atoms with Gasteiger partial charge >= 0.3 is 0 Å². The molecule has 0 fully saturated rings. The smallest absolute Gasteiger partial charge is 0.151 e. The van der Waals surface area contributed by atoms with Crippen LogP contribution in [0.5, 0.6) is 0 Å². The van der Waals surface area contributed by atoms with E-state index in [0.29, 0.717) is 0 Å². The second kappa shape index (κ2) is 3.09. The Labute approximate surface area is 66.8 Å². The van der Waals surface area contributed by atoms with Crippen LogP contribution < -0.4 is 0 Å². The Morgan fingerprint density at radius 3 is 2.89 bits per heavy atom. The molecule has 0 amide bonds. The van der Waals surface area contributed by atoms with Crippen molar-refractivity contribution in [2.45, 2.75) is 17.9 Å². The zero-order chi connectivity index (χ0) is 6.69. The number of rotatable bonds is 2. The van der Waals surface area contributed by atoms with E-state index in [9.17, 15) is 0 Å². The van der Waals surface area contributed by atoms with Crippen LogP contribution in [0.3, 0.4) is 0 Å². The summed E-state index contributed by atoms with van der Waals surface area (Å²) in [4.78, 5) is 0. The lowest BCUT2D eigenvalue weighted by Crippen LogP contribution is -1.99. The van der Waals surface area contributed by atoms with E-state index in [2.05, 4.69) is 38.1 Å². The van der Waals surface area contributed by atoms with Gasteiger partial charge in [-0.1, -0.05) is 29.5 Å². The Morgan fingerprint density at radius 2 is 2.44 bits per heavy atom. The van der Waals surface area contributed by atoms with Crippen LogP contribution in [-0.2, 0) is 11.0 Å². The Kier molecular flexibility index (Phi) is 2.38. The number of alkyl halides is 1. The summed E-state index contributed by atoms with van der Waals surface area (Å²) < 4.78 is 2.61. The Balaban J connectivity index is 2.85. The summed E-state index contributed by atoms with van der Waals surface area (Å²) in [5.74, 6) is 0.949. The summed E-state index contributed by atoms with van der Waals surface area (Å²) in [6.45, 7) is 2.04. The van der Waals surface area contributed by atoms with Crippen LogP contribution in [0.4, 0.5) is 0 Å². The highest BCUT2D eigenvalue weighted by Crippen LogP contribution is 1.95. The van der Waals surface area contributed by atoms with Crippen molar-refractivity contribution in [3.63, 3.8) is 0 Å². The predicted molar refractivity (Wildman–Crippen MR) is 41.2 cm³/mol. The highest BCUT2D eigenvalue weighted by Gasteiger charge is 1.98. The first-order chi connectivity index (χ1) is 4.38. The average Bonchev–Trinajstić information content (AvgIpc) is 2.33. The minimum absolute atomic E-state index is 0.827. The SMILES string of the molecule is CCc1nnnn1CI. The molecule has 0 aliphatic carbocycles. The lowest BCUT2D eigenvalue weighted by atomic mass is 10.5. The van der Waals surface area contributed by atoms with Crippen LogP contribution in [0, 0.1) is 0 Å². The molecular weight excluding hydrogens is 231 g/mol. The molecule has 0 bridgehead atoms. The second-order valence-corrected chi connectivity index (χ2v) is 2.25. The maximum atomic E-state index is 3.80. The summed E-state index contributed by atoms with van der Waals surface area (Å²) in [6.07, 6.45) is 0.899. The Hall–Kier alpha value is -0.200. The number of aryl methyl sites for hydroxylation is 1. The molecule has 0 atom stereocenters. The molecule has 0 radical (unpaired) electrons. The molecule has 50 valence electrons. The molecule has 1 rings (SSSR count). The first-order valence-electron chi connectivity index (χ1n) is 2.69. The number of nitrogens with zero attached hydrogens (tertiary/aromatic N) is 4. The molecule has 0 aliphatic heterocycles. The van der Waals surface area contributed by atoms with Crippen LogP contribution in [0.2, 0.25) is 0 Å². The first-order valence-corrected chi connectivity index (χ1v) is 4.22. The fourth-order valence-corrected chi connectivity index (χ4v) is 1.10. The van der Waals surface area contributed by atoms with Crippen molar-refractivity contribution in [2.24, 2.45) is 0 Å². The van der Waals surface area contributed by atoms with Crippen molar-refractivity contribution < 1.29 is 0 Å². The molecule has 1 aromatic heterocycles. The van der Waals surface area contributed by atoms with E-state index in [1.807, 2.05) is 6.92 Å². The summed E-state index contributed by atoms with van der Waals surface area (Å²) >= 11 is 2.22. The van der Waals surface area contributed by atoms with Gasteiger partial charge in [0.05, 0.1) is 4.55 Å². The quantitative estimate of drug-likeness (QED) is 0.560. The highest BCUT2D eigenvalue weighted by molar-refractivity contribution is 14.1. The molecule has 5 heteroatoms. The molecule has 0 unspecified atom stereocenters. The van der Waals surface area contributed by atoms with Crippen molar-refractivity contribution in [2.75, 3.05) is 0 Å². The van der Waals surface area contributed by atoms with Gasteiger partial charge in [-0.25, -0.2) is 4.68 Å². The van der Waals surface area contributed by atoms with Crippen molar-refractivity contribution in [3.8, 4) is 0 Å². The van der Waals surface area contributed by atoms with Gasteiger partial charge in [0.1, 0.15) is 0 Å². The van der Waals surface area contributed by atoms with Gasteiger partial charge in [0.25, 0.3) is 0 Å². The van der Waals surface area contributed by atoms with Crippen molar-refractivity contribution in [1.29, 1.82) is 0 Å². The molecule has 0 aromatic carbocycles. The van der Waals surface area contributed by atoms with E-state index in [1.165, 1.54) is 0 Å². The maximum Gasteiger partial charge on any atom is 0.151 e. The summed E-state index contributed by atoms with van der Waals surface area (Å²) in [6, 6.07) is 0. The lowest BCUT2D eigenvalue weighted by Gasteiger charge is -1.92. The van der Waals surface area contributed by atoms with Crippen molar-refractivity contribution in [3.05, 3.63) is 5.82 Å². The van der Waals surface area contributed by atoms with Crippen molar-refractivity contribution >= 4 is 22.6 Å². The zero-order valence-electron chi connectivity index (χ0n) is 5.08. The molecule has 1 heterocycles. The van der Waals surface area contributed by atoms with Crippen molar-refractivity contribution in [1.82, 2.24) is 20.2 Å². The van der Waals surface area contributed by atoms with E-state index in [-0.39, 0.29) is 0 Å². The fourth-order valence-electron chi connectivity index (χ4n) is 0.569. The van der Waals surface area contributed by atoms with Crippen LogP contribution in [0.25, 0.3) is 0 Å². The molecule has 0 N–H and O–H groups in total. The van der Waals surface area contributed by atoms with Gasteiger partial charge < -0.3 is 0 Å². The number of tetrazole rings is 1. The molecule has 4 nitrogen and oxygen atoms in total.